The Kier molecular flexibility index (Phi) is 7.35. The third-order valence-electron chi connectivity index (χ3n) is 5.97. The van der Waals surface area contributed by atoms with Crippen molar-refractivity contribution >= 4 is 23.5 Å². The van der Waals surface area contributed by atoms with Crippen LogP contribution in [0, 0.1) is 28.5 Å². The van der Waals surface area contributed by atoms with E-state index >= 15 is 0 Å². The van der Waals surface area contributed by atoms with Gasteiger partial charge in [-0.2, -0.15) is 9.65 Å². The molecule has 3 N–H and O–H groups in total. The van der Waals surface area contributed by atoms with Gasteiger partial charge in [-0.3, -0.25) is 15.1 Å². The average Bonchev–Trinajstić information content (AvgIpc) is 3.25. The van der Waals surface area contributed by atoms with Crippen molar-refractivity contribution in [2.45, 2.75) is 25.9 Å². The van der Waals surface area contributed by atoms with Crippen LogP contribution in [0.1, 0.15) is 31.4 Å². The number of piperidine rings is 1. The van der Waals surface area contributed by atoms with Crippen LogP contribution >= 0.6 is 0 Å². The van der Waals surface area contributed by atoms with Crippen LogP contribution in [-0.2, 0) is 16.6 Å². The molecule has 1 aliphatic rings. The van der Waals surface area contributed by atoms with Gasteiger partial charge in [0.25, 0.3) is 0 Å². The Morgan fingerprint density at radius 3 is 2.65 bits per heavy atom. The van der Waals surface area contributed by atoms with Gasteiger partial charge in [0.15, 0.2) is 11.5 Å². The smallest absolute Gasteiger partial charge is 0.413 e. The third kappa shape index (κ3) is 5.51. The van der Waals surface area contributed by atoms with Crippen LogP contribution in [0.3, 0.4) is 0 Å². The molecular weight excluding hydrogens is 488 g/mol. The molecule has 14 heteroatoms. The molecule has 192 valence electrons. The van der Waals surface area contributed by atoms with Crippen LogP contribution in [0.15, 0.2) is 30.6 Å². The van der Waals surface area contributed by atoms with E-state index in [9.17, 15) is 23.6 Å². The lowest BCUT2D eigenvalue weighted by Crippen LogP contribution is -2.44. The van der Waals surface area contributed by atoms with Crippen molar-refractivity contribution in [1.29, 1.82) is 5.26 Å². The summed E-state index contributed by atoms with van der Waals surface area (Å²) in [6.45, 7) is 2.53. The molecule has 0 aliphatic carbocycles. The summed E-state index contributed by atoms with van der Waals surface area (Å²) in [6, 6.07) is 6.19. The number of carbonyl (C=O) groups is 2. The maximum atomic E-state index is 13.9. The standard InChI is InChI=1S/C23H23F2N9O3/c1-13(16-9-14(24)10-29-19(16)25)37-22(36)31-20-18(32-33-34(20)2)17-4-3-15(11-28-17)30-21(35)23(12-26)5-7-27-8-6-23/h3-4,9-11,13,27H,5-8H2,1-2H3,(H,30,35)(H,31,36)/t13-/m1/s1. The van der Waals surface area contributed by atoms with E-state index in [4.69, 9.17) is 4.74 Å². The summed E-state index contributed by atoms with van der Waals surface area (Å²) in [4.78, 5) is 32.8. The number of hydrogen-bond donors (Lipinski definition) is 3. The first-order valence-electron chi connectivity index (χ1n) is 11.3. The molecule has 0 spiro atoms. The molecule has 0 saturated carbocycles. The van der Waals surface area contributed by atoms with Crippen molar-refractivity contribution in [3.05, 3.63) is 47.9 Å². The first-order chi connectivity index (χ1) is 17.7. The lowest BCUT2D eigenvalue weighted by atomic mass is 9.79. The van der Waals surface area contributed by atoms with Gasteiger partial charge in [-0.25, -0.2) is 18.9 Å². The molecule has 1 fully saturated rings. The zero-order valence-corrected chi connectivity index (χ0v) is 20.0. The minimum absolute atomic E-state index is 0.137. The van der Waals surface area contributed by atoms with Crippen molar-refractivity contribution in [2.24, 2.45) is 12.5 Å². The Hall–Kier alpha value is -4.51. The molecule has 0 unspecified atom stereocenters. The number of halogens is 2. The minimum atomic E-state index is -1.13. The van der Waals surface area contributed by atoms with E-state index in [-0.39, 0.29) is 17.1 Å². The molecule has 2 amide bonds. The normalized spacial score (nSPS) is 15.3. The largest absolute Gasteiger partial charge is 0.441 e. The van der Waals surface area contributed by atoms with E-state index < -0.39 is 35.3 Å². The van der Waals surface area contributed by atoms with Crippen LogP contribution in [0.5, 0.6) is 0 Å². The molecule has 0 bridgehead atoms. The van der Waals surface area contributed by atoms with Crippen LogP contribution in [0.4, 0.5) is 25.1 Å². The number of hydrogen-bond acceptors (Lipinski definition) is 9. The van der Waals surface area contributed by atoms with Crippen LogP contribution in [0.2, 0.25) is 0 Å². The van der Waals surface area contributed by atoms with Gasteiger partial charge in [-0.1, -0.05) is 5.21 Å². The Morgan fingerprint density at radius 2 is 1.97 bits per heavy atom. The molecular formula is C23H23F2N9O3. The van der Waals surface area contributed by atoms with Gasteiger partial charge in [0, 0.05) is 7.05 Å². The third-order valence-corrected chi connectivity index (χ3v) is 5.97. The second-order valence-electron chi connectivity index (χ2n) is 8.45. The molecule has 3 aromatic heterocycles. The van der Waals surface area contributed by atoms with Gasteiger partial charge in [0.05, 0.1) is 35.4 Å². The fourth-order valence-electron chi connectivity index (χ4n) is 3.85. The van der Waals surface area contributed by atoms with Crippen molar-refractivity contribution in [3.63, 3.8) is 0 Å². The van der Waals surface area contributed by atoms with E-state index in [0.717, 1.165) is 12.3 Å². The number of nitrogens with one attached hydrogen (secondary N) is 3. The van der Waals surface area contributed by atoms with Gasteiger partial charge >= 0.3 is 6.09 Å². The summed E-state index contributed by atoms with van der Waals surface area (Å²) >= 11 is 0. The van der Waals surface area contributed by atoms with E-state index in [1.165, 1.54) is 24.9 Å². The van der Waals surface area contributed by atoms with Crippen LogP contribution in [-0.4, -0.2) is 50.1 Å². The molecule has 1 aliphatic heterocycles. The van der Waals surface area contributed by atoms with E-state index in [1.54, 1.807) is 12.1 Å². The zero-order valence-electron chi connectivity index (χ0n) is 20.0. The van der Waals surface area contributed by atoms with Crippen LogP contribution in [0.25, 0.3) is 11.4 Å². The quantitative estimate of drug-likeness (QED) is 0.423. The lowest BCUT2D eigenvalue weighted by molar-refractivity contribution is -0.123. The number of ether oxygens (including phenoxy) is 1. The van der Waals surface area contributed by atoms with Gasteiger partial charge in [-0.15, -0.1) is 5.10 Å². The van der Waals surface area contributed by atoms with Crippen LogP contribution < -0.4 is 16.0 Å². The van der Waals surface area contributed by atoms with E-state index in [0.29, 0.717) is 37.3 Å². The Balaban J connectivity index is 1.45. The molecule has 4 rings (SSSR count). The molecule has 0 aromatic carbocycles. The maximum Gasteiger partial charge on any atom is 0.413 e. The van der Waals surface area contributed by atoms with Crippen molar-refractivity contribution < 1.29 is 23.1 Å². The number of aromatic nitrogens is 5. The summed E-state index contributed by atoms with van der Waals surface area (Å²) in [5, 5.41) is 25.8. The fourth-order valence-corrected chi connectivity index (χ4v) is 3.85. The predicted molar refractivity (Wildman–Crippen MR) is 126 cm³/mol. The summed E-state index contributed by atoms with van der Waals surface area (Å²) in [7, 11) is 1.53. The van der Waals surface area contributed by atoms with E-state index in [2.05, 4.69) is 42.3 Å². The summed E-state index contributed by atoms with van der Waals surface area (Å²) in [6.07, 6.45) is 0.843. The predicted octanol–water partition coefficient (Wildman–Crippen LogP) is 2.69. The Labute approximate surface area is 210 Å². The molecule has 0 radical (unpaired) electrons. The van der Waals surface area contributed by atoms with Crippen molar-refractivity contribution in [1.82, 2.24) is 30.3 Å². The topological polar surface area (TPSA) is 160 Å². The number of nitrogens with zero attached hydrogens (tertiary/aromatic N) is 6. The highest BCUT2D eigenvalue weighted by Gasteiger charge is 2.40. The number of pyridine rings is 2. The van der Waals surface area contributed by atoms with Gasteiger partial charge in [0.2, 0.25) is 11.9 Å². The lowest BCUT2D eigenvalue weighted by Gasteiger charge is -2.29. The first-order valence-corrected chi connectivity index (χ1v) is 11.3. The average molecular weight is 511 g/mol. The fraction of sp³-hybridized carbons (Fsp3) is 0.348. The second kappa shape index (κ2) is 10.6. The number of carbonyl (C=O) groups excluding carboxylic acids is 2. The number of rotatable bonds is 6. The number of nitriles is 1. The molecule has 3 aromatic rings. The molecule has 4 heterocycles. The molecule has 1 atom stereocenters. The Morgan fingerprint density at radius 1 is 1.22 bits per heavy atom. The van der Waals surface area contributed by atoms with Gasteiger partial charge in [-0.05, 0) is 51.1 Å². The monoisotopic (exact) mass is 511 g/mol. The van der Waals surface area contributed by atoms with E-state index in [1.807, 2.05) is 0 Å². The van der Waals surface area contributed by atoms with Crippen molar-refractivity contribution in [3.8, 4) is 17.5 Å². The van der Waals surface area contributed by atoms with Gasteiger partial charge < -0.3 is 15.4 Å². The Bertz CT molecular complexity index is 1350. The number of aryl methyl sites for hydroxylation is 1. The molecule has 12 nitrogen and oxygen atoms in total. The number of anilines is 2. The summed E-state index contributed by atoms with van der Waals surface area (Å²) < 4.78 is 33.8. The first kappa shape index (κ1) is 25.6. The molecule has 37 heavy (non-hydrogen) atoms. The van der Waals surface area contributed by atoms with Gasteiger partial charge in [0.1, 0.15) is 17.3 Å². The summed E-state index contributed by atoms with van der Waals surface area (Å²) in [5.41, 5.74) is -0.407. The highest BCUT2D eigenvalue weighted by molar-refractivity contribution is 5.97. The molecule has 1 saturated heterocycles. The summed E-state index contributed by atoms with van der Waals surface area (Å²) in [5.74, 6) is -1.98. The minimum Gasteiger partial charge on any atom is -0.441 e. The SMILES string of the molecule is C[C@@H](OC(=O)Nc1c(-c2ccc(NC(=O)C3(C#N)CCNCC3)cn2)nnn1C)c1cc(F)cnc1F. The second-order valence-corrected chi connectivity index (χ2v) is 8.45. The highest BCUT2D eigenvalue weighted by Crippen LogP contribution is 2.30. The zero-order chi connectivity index (χ0) is 26.6. The number of amides is 2. The maximum absolute atomic E-state index is 13.9. The highest BCUT2D eigenvalue weighted by atomic mass is 19.1. The van der Waals surface area contributed by atoms with Crippen molar-refractivity contribution in [2.75, 3.05) is 23.7 Å².